The van der Waals surface area contributed by atoms with Gasteiger partial charge >= 0.3 is 0 Å². The molecule has 4 heteroatoms. The van der Waals surface area contributed by atoms with E-state index in [0.29, 0.717) is 5.56 Å². The van der Waals surface area contributed by atoms with Crippen LogP contribution in [0.2, 0.25) is 5.02 Å². The fourth-order valence-electron chi connectivity index (χ4n) is 1.27. The van der Waals surface area contributed by atoms with E-state index in [2.05, 4.69) is 5.32 Å². The summed E-state index contributed by atoms with van der Waals surface area (Å²) in [6.45, 7) is 5.06. The van der Waals surface area contributed by atoms with E-state index in [9.17, 15) is 9.18 Å². The van der Waals surface area contributed by atoms with Gasteiger partial charge < -0.3 is 5.32 Å². The minimum absolute atomic E-state index is 0.212. The smallest absolute Gasteiger partial charge is 0.183 e. The summed E-state index contributed by atoms with van der Waals surface area (Å²) in [5.41, 5.74) is -0.112. The fourth-order valence-corrected chi connectivity index (χ4v) is 1.57. The highest BCUT2D eigenvalue weighted by Gasteiger charge is 2.28. The number of likely N-dealkylation sites (N-methyl/N-ethyl adjacent to an activating group) is 1. The van der Waals surface area contributed by atoms with Gasteiger partial charge in [-0.25, -0.2) is 4.39 Å². The molecule has 0 radical (unpaired) electrons. The lowest BCUT2D eigenvalue weighted by Crippen LogP contribution is -2.44. The van der Waals surface area contributed by atoms with Gasteiger partial charge in [0, 0.05) is 5.56 Å². The molecule has 2 nitrogen and oxygen atoms in total. The van der Waals surface area contributed by atoms with E-state index in [1.165, 1.54) is 12.1 Å². The number of carbonyl (C=O) groups is 1. The van der Waals surface area contributed by atoms with Crippen molar-refractivity contribution in [3.8, 4) is 0 Å². The van der Waals surface area contributed by atoms with E-state index in [0.717, 1.165) is 0 Å². The Hall–Kier alpha value is -0.930. The lowest BCUT2D eigenvalue weighted by molar-refractivity contribution is 0.0889. The van der Waals surface area contributed by atoms with Crippen molar-refractivity contribution in [2.24, 2.45) is 0 Å². The quantitative estimate of drug-likeness (QED) is 0.827. The number of aryl methyl sites for hydroxylation is 1. The van der Waals surface area contributed by atoms with Crippen LogP contribution >= 0.6 is 11.6 Å². The molecular formula is C12H15ClFNO. The van der Waals surface area contributed by atoms with E-state index in [1.807, 2.05) is 0 Å². The standard InChI is InChI=1S/C12H15ClFNO/c1-7-5-9(13)8(6-10(7)14)11(16)12(2,3)15-4/h5-6,15H,1-4H3. The molecule has 0 saturated heterocycles. The van der Waals surface area contributed by atoms with Gasteiger partial charge in [0.05, 0.1) is 10.6 Å². The first-order valence-electron chi connectivity index (χ1n) is 4.99. The fraction of sp³-hybridized carbons (Fsp3) is 0.417. The molecule has 0 atom stereocenters. The van der Waals surface area contributed by atoms with Gasteiger partial charge in [0.1, 0.15) is 5.82 Å². The summed E-state index contributed by atoms with van der Waals surface area (Å²) in [7, 11) is 1.68. The lowest BCUT2D eigenvalue weighted by Gasteiger charge is -2.23. The van der Waals surface area contributed by atoms with Gasteiger partial charge in [0.15, 0.2) is 5.78 Å². The van der Waals surface area contributed by atoms with Crippen LogP contribution in [0.1, 0.15) is 29.8 Å². The van der Waals surface area contributed by atoms with Gasteiger partial charge in [0.25, 0.3) is 0 Å². The second-order valence-corrected chi connectivity index (χ2v) is 4.69. The first-order chi connectivity index (χ1) is 7.29. The summed E-state index contributed by atoms with van der Waals surface area (Å²) >= 11 is 5.94. The summed E-state index contributed by atoms with van der Waals surface area (Å²) < 4.78 is 13.4. The zero-order valence-electron chi connectivity index (χ0n) is 9.82. The highest BCUT2D eigenvalue weighted by atomic mass is 35.5. The van der Waals surface area contributed by atoms with Crippen molar-refractivity contribution in [1.29, 1.82) is 0 Å². The summed E-state index contributed by atoms with van der Waals surface area (Å²) in [4.78, 5) is 12.1. The zero-order valence-corrected chi connectivity index (χ0v) is 10.6. The Balaban J connectivity index is 3.25. The van der Waals surface area contributed by atoms with Crippen LogP contribution in [0.4, 0.5) is 4.39 Å². The van der Waals surface area contributed by atoms with Crippen LogP contribution in [-0.4, -0.2) is 18.4 Å². The van der Waals surface area contributed by atoms with Gasteiger partial charge in [-0.3, -0.25) is 4.79 Å². The van der Waals surface area contributed by atoms with Gasteiger partial charge in [-0.1, -0.05) is 11.6 Å². The van der Waals surface area contributed by atoms with E-state index in [-0.39, 0.29) is 16.4 Å². The highest BCUT2D eigenvalue weighted by molar-refractivity contribution is 6.34. The zero-order chi connectivity index (χ0) is 12.5. The van der Waals surface area contributed by atoms with Crippen molar-refractivity contribution < 1.29 is 9.18 Å². The number of benzene rings is 1. The molecular weight excluding hydrogens is 229 g/mol. The number of hydrogen-bond acceptors (Lipinski definition) is 2. The average molecular weight is 244 g/mol. The maximum absolute atomic E-state index is 13.4. The number of rotatable bonds is 3. The number of ketones is 1. The monoisotopic (exact) mass is 243 g/mol. The van der Waals surface area contributed by atoms with Crippen molar-refractivity contribution in [2.75, 3.05) is 7.05 Å². The molecule has 0 heterocycles. The molecule has 0 aromatic heterocycles. The molecule has 1 aromatic rings. The second-order valence-electron chi connectivity index (χ2n) is 4.29. The summed E-state index contributed by atoms with van der Waals surface area (Å²) in [5.74, 6) is -0.640. The number of nitrogens with one attached hydrogen (secondary N) is 1. The predicted octanol–water partition coefficient (Wildman–Crippen LogP) is 2.97. The largest absolute Gasteiger partial charge is 0.308 e. The van der Waals surface area contributed by atoms with Crippen molar-refractivity contribution >= 4 is 17.4 Å². The van der Waals surface area contributed by atoms with Crippen molar-refractivity contribution in [1.82, 2.24) is 5.32 Å². The van der Waals surface area contributed by atoms with Crippen LogP contribution < -0.4 is 5.32 Å². The molecule has 0 amide bonds. The Morgan fingerprint density at radius 2 is 2.00 bits per heavy atom. The van der Waals surface area contributed by atoms with Crippen molar-refractivity contribution in [2.45, 2.75) is 26.3 Å². The first kappa shape index (κ1) is 13.1. The number of carbonyl (C=O) groups excluding carboxylic acids is 1. The molecule has 1 aromatic carbocycles. The molecule has 1 N–H and O–H groups in total. The molecule has 0 spiro atoms. The SMILES string of the molecule is CNC(C)(C)C(=O)c1cc(F)c(C)cc1Cl. The average Bonchev–Trinajstić information content (AvgIpc) is 2.22. The molecule has 16 heavy (non-hydrogen) atoms. The van der Waals surface area contributed by atoms with Crippen LogP contribution in [0.3, 0.4) is 0 Å². The topological polar surface area (TPSA) is 29.1 Å². The molecule has 0 aliphatic carbocycles. The number of Topliss-reactive ketones (excluding diaryl/α,β-unsaturated/α-hetero) is 1. The third-order valence-corrected chi connectivity index (χ3v) is 3.00. The molecule has 0 bridgehead atoms. The van der Waals surface area contributed by atoms with Crippen LogP contribution in [0.15, 0.2) is 12.1 Å². The van der Waals surface area contributed by atoms with E-state index in [4.69, 9.17) is 11.6 Å². The Bertz CT molecular complexity index is 429. The highest BCUT2D eigenvalue weighted by Crippen LogP contribution is 2.24. The maximum atomic E-state index is 13.4. The first-order valence-corrected chi connectivity index (χ1v) is 5.36. The van der Waals surface area contributed by atoms with E-state index < -0.39 is 11.4 Å². The molecule has 1 rings (SSSR count). The predicted molar refractivity (Wildman–Crippen MR) is 63.6 cm³/mol. The summed E-state index contributed by atoms with van der Waals surface area (Å²) in [5, 5.41) is 3.15. The molecule has 0 saturated carbocycles. The van der Waals surface area contributed by atoms with Gasteiger partial charge in [-0.15, -0.1) is 0 Å². The van der Waals surface area contributed by atoms with E-state index in [1.54, 1.807) is 27.8 Å². The minimum Gasteiger partial charge on any atom is -0.308 e. The summed E-state index contributed by atoms with van der Waals surface area (Å²) in [6.07, 6.45) is 0. The van der Waals surface area contributed by atoms with Crippen molar-refractivity contribution in [3.05, 3.63) is 34.1 Å². The van der Waals surface area contributed by atoms with Gasteiger partial charge in [0.2, 0.25) is 0 Å². The van der Waals surface area contributed by atoms with Crippen LogP contribution in [0.5, 0.6) is 0 Å². The number of halogens is 2. The van der Waals surface area contributed by atoms with Gasteiger partial charge in [-0.2, -0.15) is 0 Å². The Morgan fingerprint density at radius 3 is 2.50 bits per heavy atom. The normalized spacial score (nSPS) is 11.6. The molecule has 0 aliphatic heterocycles. The van der Waals surface area contributed by atoms with Crippen LogP contribution in [-0.2, 0) is 0 Å². The maximum Gasteiger partial charge on any atom is 0.183 e. The molecule has 88 valence electrons. The summed E-state index contributed by atoms with van der Waals surface area (Å²) in [6, 6.07) is 2.66. The Labute approximate surface area is 99.8 Å². The Morgan fingerprint density at radius 1 is 1.44 bits per heavy atom. The lowest BCUT2D eigenvalue weighted by atomic mass is 9.93. The molecule has 0 aliphatic rings. The van der Waals surface area contributed by atoms with Crippen LogP contribution in [0.25, 0.3) is 0 Å². The van der Waals surface area contributed by atoms with E-state index >= 15 is 0 Å². The molecule has 0 unspecified atom stereocenters. The minimum atomic E-state index is -0.759. The molecule has 0 fully saturated rings. The van der Waals surface area contributed by atoms with Crippen molar-refractivity contribution in [3.63, 3.8) is 0 Å². The third kappa shape index (κ3) is 2.42. The third-order valence-electron chi connectivity index (χ3n) is 2.69. The Kier molecular flexibility index (Phi) is 3.71. The van der Waals surface area contributed by atoms with Crippen LogP contribution in [0, 0.1) is 12.7 Å². The van der Waals surface area contributed by atoms with Gasteiger partial charge in [-0.05, 0) is 45.5 Å². The number of hydrogen-bond donors (Lipinski definition) is 1. The second kappa shape index (κ2) is 4.52.